The molecule has 2 unspecified atom stereocenters. The number of hydrogen-bond donors (Lipinski definition) is 2. The first-order valence-corrected chi connectivity index (χ1v) is 6.42. The lowest BCUT2D eigenvalue weighted by atomic mass is 10.1. The van der Waals surface area contributed by atoms with Crippen LogP contribution in [0.4, 0.5) is 0 Å². The Morgan fingerprint density at radius 3 is 3.16 bits per heavy atom. The number of nitrogens with one attached hydrogen (secondary N) is 1. The van der Waals surface area contributed by atoms with Gasteiger partial charge in [-0.3, -0.25) is 4.79 Å². The molecule has 2 atom stereocenters. The van der Waals surface area contributed by atoms with Crippen LogP contribution in [0.15, 0.2) is 24.3 Å². The predicted octanol–water partition coefficient (Wildman–Crippen LogP) is 1.02. The second-order valence-electron chi connectivity index (χ2n) is 4.54. The SMILES string of the molecule is COc1cccc(C(O)CNC(=O)C2CCCO2)c1. The summed E-state index contributed by atoms with van der Waals surface area (Å²) in [5.41, 5.74) is 0.715. The van der Waals surface area contributed by atoms with E-state index in [0.29, 0.717) is 17.9 Å². The highest BCUT2D eigenvalue weighted by Crippen LogP contribution is 2.19. The van der Waals surface area contributed by atoms with Crippen molar-refractivity contribution in [2.24, 2.45) is 0 Å². The van der Waals surface area contributed by atoms with E-state index >= 15 is 0 Å². The summed E-state index contributed by atoms with van der Waals surface area (Å²) in [6.45, 7) is 0.808. The molecule has 1 aromatic carbocycles. The van der Waals surface area contributed by atoms with Gasteiger partial charge in [0.2, 0.25) is 5.91 Å². The van der Waals surface area contributed by atoms with E-state index in [1.165, 1.54) is 0 Å². The maximum Gasteiger partial charge on any atom is 0.249 e. The molecule has 1 amide bonds. The van der Waals surface area contributed by atoms with Crippen LogP contribution in [0.25, 0.3) is 0 Å². The first-order chi connectivity index (χ1) is 9.20. The van der Waals surface area contributed by atoms with Gasteiger partial charge in [-0.25, -0.2) is 0 Å². The molecule has 1 aromatic rings. The van der Waals surface area contributed by atoms with Crippen molar-refractivity contribution in [3.05, 3.63) is 29.8 Å². The molecule has 0 aliphatic carbocycles. The normalized spacial score (nSPS) is 20.0. The second-order valence-corrected chi connectivity index (χ2v) is 4.54. The maximum atomic E-state index is 11.7. The van der Waals surface area contributed by atoms with E-state index in [9.17, 15) is 9.90 Å². The number of rotatable bonds is 5. The van der Waals surface area contributed by atoms with Gasteiger partial charge >= 0.3 is 0 Å². The Balaban J connectivity index is 1.86. The van der Waals surface area contributed by atoms with Gasteiger partial charge in [-0.05, 0) is 30.5 Å². The van der Waals surface area contributed by atoms with Crippen LogP contribution < -0.4 is 10.1 Å². The highest BCUT2D eigenvalue weighted by atomic mass is 16.5. The number of carbonyl (C=O) groups is 1. The number of hydrogen-bond acceptors (Lipinski definition) is 4. The van der Waals surface area contributed by atoms with Crippen molar-refractivity contribution in [1.82, 2.24) is 5.32 Å². The fourth-order valence-electron chi connectivity index (χ4n) is 2.06. The Labute approximate surface area is 112 Å². The molecule has 0 radical (unpaired) electrons. The van der Waals surface area contributed by atoms with Gasteiger partial charge in [0.1, 0.15) is 11.9 Å². The van der Waals surface area contributed by atoms with Crippen molar-refractivity contribution in [2.45, 2.75) is 25.0 Å². The zero-order valence-corrected chi connectivity index (χ0v) is 11.0. The molecule has 0 spiro atoms. The van der Waals surface area contributed by atoms with Crippen LogP contribution in [-0.4, -0.2) is 37.4 Å². The van der Waals surface area contributed by atoms with Crippen molar-refractivity contribution < 1.29 is 19.4 Å². The van der Waals surface area contributed by atoms with Crippen molar-refractivity contribution in [2.75, 3.05) is 20.3 Å². The summed E-state index contributed by atoms with van der Waals surface area (Å²) in [5, 5.41) is 12.7. The molecule has 0 saturated carbocycles. The zero-order chi connectivity index (χ0) is 13.7. The quantitative estimate of drug-likeness (QED) is 0.834. The van der Waals surface area contributed by atoms with E-state index in [0.717, 1.165) is 12.8 Å². The van der Waals surface area contributed by atoms with E-state index in [2.05, 4.69) is 5.32 Å². The highest BCUT2D eigenvalue weighted by molar-refractivity contribution is 5.80. The molecular formula is C14H19NO4. The summed E-state index contributed by atoms with van der Waals surface area (Å²) >= 11 is 0. The van der Waals surface area contributed by atoms with Crippen LogP contribution in [-0.2, 0) is 9.53 Å². The lowest BCUT2D eigenvalue weighted by molar-refractivity contribution is -0.130. The summed E-state index contributed by atoms with van der Waals surface area (Å²) in [7, 11) is 1.57. The van der Waals surface area contributed by atoms with Crippen molar-refractivity contribution in [3.8, 4) is 5.75 Å². The van der Waals surface area contributed by atoms with Gasteiger partial charge in [0.15, 0.2) is 0 Å². The first-order valence-electron chi connectivity index (χ1n) is 6.42. The number of methoxy groups -OCH3 is 1. The third-order valence-electron chi connectivity index (χ3n) is 3.17. The maximum absolute atomic E-state index is 11.7. The summed E-state index contributed by atoms with van der Waals surface area (Å²) in [6.07, 6.45) is 0.551. The van der Waals surface area contributed by atoms with Crippen LogP contribution >= 0.6 is 0 Å². The van der Waals surface area contributed by atoms with Gasteiger partial charge in [-0.2, -0.15) is 0 Å². The fourth-order valence-corrected chi connectivity index (χ4v) is 2.06. The molecule has 2 rings (SSSR count). The van der Waals surface area contributed by atoms with Gasteiger partial charge in [0.05, 0.1) is 13.2 Å². The summed E-state index contributed by atoms with van der Waals surface area (Å²) < 4.78 is 10.4. The minimum absolute atomic E-state index is 0.153. The van der Waals surface area contributed by atoms with Crippen molar-refractivity contribution in [1.29, 1.82) is 0 Å². The number of benzene rings is 1. The number of amides is 1. The van der Waals surface area contributed by atoms with Crippen molar-refractivity contribution >= 4 is 5.91 Å². The van der Waals surface area contributed by atoms with Crippen LogP contribution in [0.5, 0.6) is 5.75 Å². The molecule has 5 heteroatoms. The van der Waals surface area contributed by atoms with Gasteiger partial charge in [0, 0.05) is 13.2 Å². The van der Waals surface area contributed by atoms with Gasteiger partial charge in [-0.15, -0.1) is 0 Å². The second kappa shape index (κ2) is 6.54. The third kappa shape index (κ3) is 3.68. The van der Waals surface area contributed by atoms with Crippen LogP contribution in [0.1, 0.15) is 24.5 Å². The zero-order valence-electron chi connectivity index (χ0n) is 11.0. The molecule has 19 heavy (non-hydrogen) atoms. The van der Waals surface area contributed by atoms with Crippen LogP contribution in [0, 0.1) is 0 Å². The first kappa shape index (κ1) is 13.8. The topological polar surface area (TPSA) is 67.8 Å². The molecule has 1 fully saturated rings. The summed E-state index contributed by atoms with van der Waals surface area (Å²) in [5.74, 6) is 0.529. The summed E-state index contributed by atoms with van der Waals surface area (Å²) in [4.78, 5) is 11.7. The van der Waals surface area contributed by atoms with Crippen LogP contribution in [0.2, 0.25) is 0 Å². The minimum Gasteiger partial charge on any atom is -0.497 e. The van der Waals surface area contributed by atoms with E-state index in [1.54, 1.807) is 31.4 Å². The minimum atomic E-state index is -0.750. The summed E-state index contributed by atoms with van der Waals surface area (Å²) in [6, 6.07) is 7.16. The van der Waals surface area contributed by atoms with E-state index < -0.39 is 6.10 Å². The lowest BCUT2D eigenvalue weighted by Gasteiger charge is -2.15. The molecule has 1 saturated heterocycles. The molecule has 1 aliphatic rings. The standard InChI is InChI=1S/C14H19NO4/c1-18-11-5-2-4-10(8-11)12(16)9-15-14(17)13-6-3-7-19-13/h2,4-5,8,12-13,16H,3,6-7,9H2,1H3,(H,15,17). The Morgan fingerprint density at radius 2 is 2.47 bits per heavy atom. The molecule has 2 N–H and O–H groups in total. The molecule has 1 heterocycles. The number of carbonyl (C=O) groups excluding carboxylic acids is 1. The average Bonchev–Trinajstić information content (AvgIpc) is 2.98. The highest BCUT2D eigenvalue weighted by Gasteiger charge is 2.23. The smallest absolute Gasteiger partial charge is 0.249 e. The molecule has 0 bridgehead atoms. The fraction of sp³-hybridized carbons (Fsp3) is 0.500. The number of aliphatic hydroxyl groups excluding tert-OH is 1. The Bertz CT molecular complexity index is 429. The lowest BCUT2D eigenvalue weighted by Crippen LogP contribution is -2.36. The Kier molecular flexibility index (Phi) is 4.76. The molecule has 1 aliphatic heterocycles. The molecule has 5 nitrogen and oxygen atoms in total. The monoisotopic (exact) mass is 265 g/mol. The van der Waals surface area contributed by atoms with Crippen molar-refractivity contribution in [3.63, 3.8) is 0 Å². The van der Waals surface area contributed by atoms with E-state index in [4.69, 9.17) is 9.47 Å². The number of aliphatic hydroxyl groups is 1. The van der Waals surface area contributed by atoms with Gasteiger partial charge in [0.25, 0.3) is 0 Å². The molecule has 104 valence electrons. The van der Waals surface area contributed by atoms with Crippen LogP contribution in [0.3, 0.4) is 0 Å². The van der Waals surface area contributed by atoms with E-state index in [1.807, 2.05) is 0 Å². The third-order valence-corrected chi connectivity index (χ3v) is 3.17. The molecule has 0 aromatic heterocycles. The van der Waals surface area contributed by atoms with Gasteiger partial charge in [-0.1, -0.05) is 12.1 Å². The Morgan fingerprint density at radius 1 is 1.63 bits per heavy atom. The van der Waals surface area contributed by atoms with E-state index in [-0.39, 0.29) is 18.6 Å². The molecular weight excluding hydrogens is 246 g/mol. The largest absolute Gasteiger partial charge is 0.497 e. The predicted molar refractivity (Wildman–Crippen MR) is 69.9 cm³/mol. The Hall–Kier alpha value is -1.59. The van der Waals surface area contributed by atoms with Gasteiger partial charge < -0.3 is 19.9 Å². The number of ether oxygens (including phenoxy) is 2. The average molecular weight is 265 g/mol.